The van der Waals surface area contributed by atoms with Gasteiger partial charge in [-0.15, -0.1) is 0 Å². The molecule has 2 aromatic carbocycles. The van der Waals surface area contributed by atoms with E-state index in [-0.39, 0.29) is 11.9 Å². The number of nitrogens with one attached hydrogen (secondary N) is 1. The van der Waals surface area contributed by atoms with Gasteiger partial charge in [0.25, 0.3) is 0 Å². The summed E-state index contributed by atoms with van der Waals surface area (Å²) in [5.74, 6) is 0.328. The van der Waals surface area contributed by atoms with Crippen molar-refractivity contribution in [1.29, 1.82) is 0 Å². The number of ether oxygens (including phenoxy) is 1. The van der Waals surface area contributed by atoms with Crippen LogP contribution in [0.25, 0.3) is 0 Å². The molecule has 3 heteroatoms. The Labute approximate surface area is 119 Å². The first-order valence-electron chi connectivity index (χ1n) is 6.88. The first kappa shape index (κ1) is 14.5. The zero-order chi connectivity index (χ0) is 14.4. The van der Waals surface area contributed by atoms with Gasteiger partial charge >= 0.3 is 0 Å². The molecule has 2 nitrogen and oxygen atoms in total. The highest BCUT2D eigenvalue weighted by atomic mass is 19.1. The third-order valence-electron chi connectivity index (χ3n) is 3.21. The molecule has 0 aliphatic rings. The molecule has 20 heavy (non-hydrogen) atoms. The zero-order valence-electron chi connectivity index (χ0n) is 11.9. The van der Waals surface area contributed by atoms with Gasteiger partial charge in [-0.2, -0.15) is 0 Å². The second-order valence-corrected chi connectivity index (χ2v) is 4.74. The second-order valence-electron chi connectivity index (χ2n) is 4.74. The maximum Gasteiger partial charge on any atom is 0.126 e. The third kappa shape index (κ3) is 3.81. The highest BCUT2D eigenvalue weighted by Crippen LogP contribution is 2.21. The Hall–Kier alpha value is -1.87. The van der Waals surface area contributed by atoms with E-state index < -0.39 is 0 Å². The Kier molecular flexibility index (Phi) is 5.13. The molecule has 1 unspecified atom stereocenters. The van der Waals surface area contributed by atoms with Crippen LogP contribution in [0.1, 0.15) is 24.1 Å². The lowest BCUT2D eigenvalue weighted by Gasteiger charge is -2.19. The zero-order valence-corrected chi connectivity index (χ0v) is 11.9. The molecule has 0 saturated carbocycles. The lowest BCUT2D eigenvalue weighted by Crippen LogP contribution is -2.26. The van der Waals surface area contributed by atoms with E-state index in [4.69, 9.17) is 4.74 Å². The van der Waals surface area contributed by atoms with Crippen molar-refractivity contribution in [3.05, 3.63) is 65.5 Å². The molecule has 0 amide bonds. The average Bonchev–Trinajstić information content (AvgIpc) is 2.47. The van der Waals surface area contributed by atoms with E-state index in [2.05, 4.69) is 24.4 Å². The summed E-state index contributed by atoms with van der Waals surface area (Å²) >= 11 is 0. The monoisotopic (exact) mass is 273 g/mol. The van der Waals surface area contributed by atoms with E-state index in [0.29, 0.717) is 12.4 Å². The van der Waals surface area contributed by atoms with Gasteiger partial charge in [0.2, 0.25) is 0 Å². The van der Waals surface area contributed by atoms with Crippen LogP contribution in [0.3, 0.4) is 0 Å². The van der Waals surface area contributed by atoms with Crippen molar-refractivity contribution in [2.45, 2.75) is 19.9 Å². The number of aryl methyl sites for hydroxylation is 1. The maximum absolute atomic E-state index is 13.2. The fourth-order valence-corrected chi connectivity index (χ4v) is 2.11. The van der Waals surface area contributed by atoms with E-state index in [9.17, 15) is 4.39 Å². The van der Waals surface area contributed by atoms with E-state index in [0.717, 1.165) is 12.1 Å². The van der Waals surface area contributed by atoms with E-state index >= 15 is 0 Å². The molecule has 2 aromatic rings. The molecule has 0 radical (unpaired) electrons. The second kappa shape index (κ2) is 7.06. The Balaban J connectivity index is 2.07. The molecule has 0 saturated heterocycles. The molecule has 0 spiro atoms. The summed E-state index contributed by atoms with van der Waals surface area (Å²) in [5.41, 5.74) is 2.11. The van der Waals surface area contributed by atoms with Crippen molar-refractivity contribution in [2.24, 2.45) is 0 Å². The summed E-state index contributed by atoms with van der Waals surface area (Å²) < 4.78 is 19.0. The number of hydrogen-bond donors (Lipinski definition) is 1. The standard InChI is InChI=1S/C17H20FNO/c1-3-19-16(14-7-5-4-6-8-14)12-20-17-11-15(18)10-9-13(17)2/h4-11,16,19H,3,12H2,1-2H3. The van der Waals surface area contributed by atoms with Crippen LogP contribution in [0.2, 0.25) is 0 Å². The minimum Gasteiger partial charge on any atom is -0.491 e. The molecule has 1 N–H and O–H groups in total. The Bertz CT molecular complexity index is 542. The van der Waals surface area contributed by atoms with E-state index in [1.807, 2.05) is 25.1 Å². The maximum atomic E-state index is 13.2. The van der Waals surface area contributed by atoms with Gasteiger partial charge in [-0.25, -0.2) is 4.39 Å². The summed E-state index contributed by atoms with van der Waals surface area (Å²) in [6.07, 6.45) is 0. The third-order valence-corrected chi connectivity index (χ3v) is 3.21. The summed E-state index contributed by atoms with van der Waals surface area (Å²) in [7, 11) is 0. The fourth-order valence-electron chi connectivity index (χ4n) is 2.11. The molecule has 0 aliphatic carbocycles. The van der Waals surface area contributed by atoms with Gasteiger partial charge in [0, 0.05) is 6.07 Å². The molecule has 1 atom stereocenters. The van der Waals surface area contributed by atoms with E-state index in [1.165, 1.54) is 17.7 Å². The first-order chi connectivity index (χ1) is 9.70. The van der Waals surface area contributed by atoms with Crippen molar-refractivity contribution in [1.82, 2.24) is 5.32 Å². The molecule has 0 bridgehead atoms. The average molecular weight is 273 g/mol. The van der Waals surface area contributed by atoms with Crippen molar-refractivity contribution in [2.75, 3.05) is 13.2 Å². The topological polar surface area (TPSA) is 21.3 Å². The molecule has 0 heterocycles. The van der Waals surface area contributed by atoms with Crippen molar-refractivity contribution in [3.8, 4) is 5.75 Å². The number of halogens is 1. The summed E-state index contributed by atoms with van der Waals surface area (Å²) in [5, 5.41) is 3.38. The Morgan fingerprint density at radius 1 is 1.15 bits per heavy atom. The highest BCUT2D eigenvalue weighted by Gasteiger charge is 2.11. The Morgan fingerprint density at radius 2 is 1.90 bits per heavy atom. The fraction of sp³-hybridized carbons (Fsp3) is 0.294. The van der Waals surface area contributed by atoms with Crippen molar-refractivity contribution in [3.63, 3.8) is 0 Å². The normalized spacial score (nSPS) is 12.2. The summed E-state index contributed by atoms with van der Waals surface area (Å²) in [6, 6.07) is 14.8. The van der Waals surface area contributed by atoms with Gasteiger partial charge in [0.05, 0.1) is 6.04 Å². The lowest BCUT2D eigenvalue weighted by molar-refractivity contribution is 0.265. The molecule has 2 rings (SSSR count). The smallest absolute Gasteiger partial charge is 0.126 e. The molecular formula is C17H20FNO. The van der Waals surface area contributed by atoms with Crippen LogP contribution in [0.15, 0.2) is 48.5 Å². The number of hydrogen-bond acceptors (Lipinski definition) is 2. The number of benzene rings is 2. The van der Waals surface area contributed by atoms with Gasteiger partial charge < -0.3 is 10.1 Å². The Morgan fingerprint density at radius 3 is 2.60 bits per heavy atom. The SMILES string of the molecule is CCNC(COc1cc(F)ccc1C)c1ccccc1. The van der Waals surface area contributed by atoms with Crippen molar-refractivity contribution < 1.29 is 9.13 Å². The molecular weight excluding hydrogens is 253 g/mol. The molecule has 0 fully saturated rings. The van der Waals surface area contributed by atoms with Crippen LogP contribution in [-0.2, 0) is 0 Å². The van der Waals surface area contributed by atoms with Crippen LogP contribution in [0.4, 0.5) is 4.39 Å². The number of rotatable bonds is 6. The quantitative estimate of drug-likeness (QED) is 0.862. The predicted molar refractivity (Wildman–Crippen MR) is 79.5 cm³/mol. The van der Waals surface area contributed by atoms with Crippen LogP contribution < -0.4 is 10.1 Å². The summed E-state index contributed by atoms with van der Waals surface area (Å²) in [4.78, 5) is 0. The minimum atomic E-state index is -0.273. The summed E-state index contributed by atoms with van der Waals surface area (Å²) in [6.45, 7) is 5.30. The van der Waals surface area contributed by atoms with Gasteiger partial charge in [0.1, 0.15) is 18.2 Å². The first-order valence-corrected chi connectivity index (χ1v) is 6.88. The van der Waals surface area contributed by atoms with Gasteiger partial charge in [-0.05, 0) is 30.7 Å². The van der Waals surface area contributed by atoms with Crippen LogP contribution in [0, 0.1) is 12.7 Å². The largest absolute Gasteiger partial charge is 0.491 e. The highest BCUT2D eigenvalue weighted by molar-refractivity contribution is 5.32. The lowest BCUT2D eigenvalue weighted by atomic mass is 10.1. The minimum absolute atomic E-state index is 0.101. The van der Waals surface area contributed by atoms with Crippen LogP contribution in [-0.4, -0.2) is 13.2 Å². The van der Waals surface area contributed by atoms with Crippen LogP contribution in [0.5, 0.6) is 5.75 Å². The van der Waals surface area contributed by atoms with E-state index in [1.54, 1.807) is 6.07 Å². The molecule has 0 aromatic heterocycles. The predicted octanol–water partition coefficient (Wildman–Crippen LogP) is 3.86. The van der Waals surface area contributed by atoms with Gasteiger partial charge in [-0.3, -0.25) is 0 Å². The molecule has 106 valence electrons. The van der Waals surface area contributed by atoms with Gasteiger partial charge in [-0.1, -0.05) is 43.3 Å². The van der Waals surface area contributed by atoms with Crippen LogP contribution >= 0.6 is 0 Å². The number of likely N-dealkylation sites (N-methyl/N-ethyl adjacent to an activating group) is 1. The van der Waals surface area contributed by atoms with Crippen molar-refractivity contribution >= 4 is 0 Å². The molecule has 0 aliphatic heterocycles. The van der Waals surface area contributed by atoms with Gasteiger partial charge in [0.15, 0.2) is 0 Å².